The third-order valence-electron chi connectivity index (χ3n) is 4.22. The molecule has 0 amide bonds. The summed E-state index contributed by atoms with van der Waals surface area (Å²) >= 11 is 0. The summed E-state index contributed by atoms with van der Waals surface area (Å²) in [6.45, 7) is 1.37. The van der Waals surface area contributed by atoms with E-state index in [9.17, 15) is 9.59 Å². The summed E-state index contributed by atoms with van der Waals surface area (Å²) in [5, 5.41) is 7.09. The highest BCUT2D eigenvalue weighted by Crippen LogP contribution is 2.29. The van der Waals surface area contributed by atoms with Crippen molar-refractivity contribution in [1.29, 1.82) is 0 Å². The summed E-state index contributed by atoms with van der Waals surface area (Å²) in [4.78, 5) is 23.5. The van der Waals surface area contributed by atoms with Crippen molar-refractivity contribution in [3.05, 3.63) is 20.8 Å². The lowest BCUT2D eigenvalue weighted by Gasteiger charge is -2.30. The van der Waals surface area contributed by atoms with Crippen LogP contribution in [0.3, 0.4) is 0 Å². The molecule has 0 aliphatic heterocycles. The number of rotatable bonds is 4. The van der Waals surface area contributed by atoms with Gasteiger partial charge in [-0.15, -0.1) is 5.10 Å². The molecule has 2 rings (SSSR count). The first-order valence-electron chi connectivity index (χ1n) is 7.13. The van der Waals surface area contributed by atoms with Crippen LogP contribution in [0.15, 0.2) is 9.59 Å². The number of nitrogens with zero attached hydrogens (tertiary/aromatic N) is 3. The quantitative estimate of drug-likeness (QED) is 0.787. The van der Waals surface area contributed by atoms with Gasteiger partial charge in [0.25, 0.3) is 5.56 Å². The molecule has 1 aromatic rings. The van der Waals surface area contributed by atoms with Gasteiger partial charge in [0, 0.05) is 20.6 Å². The molecule has 0 spiro atoms. The fourth-order valence-electron chi connectivity index (χ4n) is 2.90. The average Bonchev–Trinajstić information content (AvgIpc) is 2.47. The molecule has 1 aliphatic rings. The molecule has 7 nitrogen and oxygen atoms in total. The van der Waals surface area contributed by atoms with E-state index in [1.807, 2.05) is 0 Å². The van der Waals surface area contributed by atoms with Crippen molar-refractivity contribution in [2.24, 2.45) is 31.7 Å². The Morgan fingerprint density at radius 2 is 1.90 bits per heavy atom. The number of nitrogens with one attached hydrogen (secondary N) is 1. The Labute approximate surface area is 117 Å². The minimum absolute atomic E-state index is 0.232. The van der Waals surface area contributed by atoms with E-state index >= 15 is 0 Å². The summed E-state index contributed by atoms with van der Waals surface area (Å²) in [5.41, 5.74) is 5.01. The Morgan fingerprint density at radius 3 is 2.55 bits per heavy atom. The Hall–Kier alpha value is -1.63. The van der Waals surface area contributed by atoms with Crippen molar-refractivity contribution in [3.8, 4) is 0 Å². The molecular weight excluding hydrogens is 258 g/mol. The molecule has 7 heteroatoms. The lowest BCUT2D eigenvalue weighted by molar-refractivity contribution is 0.255. The molecule has 1 aliphatic carbocycles. The molecule has 1 heterocycles. The smallest absolute Gasteiger partial charge is 0.346 e. The first-order valence-corrected chi connectivity index (χ1v) is 7.13. The monoisotopic (exact) mass is 281 g/mol. The zero-order chi connectivity index (χ0) is 14.7. The highest BCUT2D eigenvalue weighted by Gasteiger charge is 2.24. The van der Waals surface area contributed by atoms with Crippen LogP contribution in [0.25, 0.3) is 0 Å². The molecule has 3 N–H and O–H groups in total. The standard InChI is InChI=1S/C13H23N5O2/c1-17-12(19)11(16-18(2)13(17)20)15-8-10-6-4-3-5-9(10)7-14/h9-10H,3-8,14H2,1-2H3,(H,15,16). The van der Waals surface area contributed by atoms with E-state index < -0.39 is 5.69 Å². The molecular formula is C13H23N5O2. The van der Waals surface area contributed by atoms with Gasteiger partial charge >= 0.3 is 5.69 Å². The normalized spacial score (nSPS) is 22.8. The molecule has 0 bridgehead atoms. The minimum atomic E-state index is -0.418. The molecule has 0 radical (unpaired) electrons. The van der Waals surface area contributed by atoms with Crippen molar-refractivity contribution in [2.75, 3.05) is 18.4 Å². The van der Waals surface area contributed by atoms with Gasteiger partial charge in [-0.2, -0.15) is 0 Å². The van der Waals surface area contributed by atoms with Crippen molar-refractivity contribution in [2.45, 2.75) is 25.7 Å². The molecule has 1 fully saturated rings. The van der Waals surface area contributed by atoms with Gasteiger partial charge in [0.1, 0.15) is 0 Å². The van der Waals surface area contributed by atoms with Crippen LogP contribution >= 0.6 is 0 Å². The molecule has 1 saturated carbocycles. The van der Waals surface area contributed by atoms with Crippen LogP contribution in [0.5, 0.6) is 0 Å². The van der Waals surface area contributed by atoms with E-state index in [0.717, 1.165) is 17.4 Å². The van der Waals surface area contributed by atoms with E-state index in [2.05, 4.69) is 10.4 Å². The number of anilines is 1. The van der Waals surface area contributed by atoms with Gasteiger partial charge in [0.2, 0.25) is 5.82 Å². The van der Waals surface area contributed by atoms with Gasteiger partial charge < -0.3 is 11.1 Å². The molecule has 2 unspecified atom stereocenters. The second-order valence-corrected chi connectivity index (χ2v) is 5.54. The zero-order valence-corrected chi connectivity index (χ0v) is 12.1. The maximum absolute atomic E-state index is 12.0. The van der Waals surface area contributed by atoms with Crippen LogP contribution in [0.1, 0.15) is 25.7 Å². The van der Waals surface area contributed by atoms with Gasteiger partial charge in [-0.3, -0.25) is 9.36 Å². The third kappa shape index (κ3) is 2.92. The van der Waals surface area contributed by atoms with Crippen molar-refractivity contribution in [1.82, 2.24) is 14.3 Å². The topological polar surface area (TPSA) is 94.9 Å². The van der Waals surface area contributed by atoms with E-state index in [-0.39, 0.29) is 11.4 Å². The Balaban J connectivity index is 2.11. The van der Waals surface area contributed by atoms with E-state index in [0.29, 0.717) is 24.9 Å². The predicted molar refractivity (Wildman–Crippen MR) is 77.7 cm³/mol. The lowest BCUT2D eigenvalue weighted by atomic mass is 9.79. The van der Waals surface area contributed by atoms with Crippen LogP contribution in [-0.2, 0) is 14.1 Å². The number of nitrogens with two attached hydrogens (primary N) is 1. The molecule has 112 valence electrons. The van der Waals surface area contributed by atoms with Gasteiger partial charge in [0.15, 0.2) is 0 Å². The van der Waals surface area contributed by atoms with E-state index in [4.69, 9.17) is 5.73 Å². The van der Waals surface area contributed by atoms with E-state index in [1.165, 1.54) is 31.6 Å². The summed E-state index contributed by atoms with van der Waals surface area (Å²) in [6.07, 6.45) is 4.72. The van der Waals surface area contributed by atoms with E-state index in [1.54, 1.807) is 0 Å². The van der Waals surface area contributed by atoms with Crippen LogP contribution < -0.4 is 22.3 Å². The van der Waals surface area contributed by atoms with Crippen LogP contribution in [0.4, 0.5) is 5.82 Å². The second-order valence-electron chi connectivity index (χ2n) is 5.54. The number of hydrogen-bond acceptors (Lipinski definition) is 5. The maximum atomic E-state index is 12.0. The fraction of sp³-hybridized carbons (Fsp3) is 0.769. The van der Waals surface area contributed by atoms with Gasteiger partial charge in [-0.25, -0.2) is 9.48 Å². The average molecular weight is 281 g/mol. The van der Waals surface area contributed by atoms with Crippen molar-refractivity contribution < 1.29 is 0 Å². The summed E-state index contributed by atoms with van der Waals surface area (Å²) < 4.78 is 2.24. The van der Waals surface area contributed by atoms with Gasteiger partial charge in [0.05, 0.1) is 0 Å². The first-order chi connectivity index (χ1) is 9.54. The van der Waals surface area contributed by atoms with Crippen LogP contribution in [-0.4, -0.2) is 27.4 Å². The minimum Gasteiger partial charge on any atom is -0.364 e. The zero-order valence-electron chi connectivity index (χ0n) is 12.1. The number of hydrogen-bond donors (Lipinski definition) is 2. The lowest BCUT2D eigenvalue weighted by Crippen LogP contribution is -2.41. The van der Waals surface area contributed by atoms with Crippen LogP contribution in [0.2, 0.25) is 0 Å². The molecule has 0 saturated heterocycles. The number of aryl methyl sites for hydroxylation is 1. The fourth-order valence-corrected chi connectivity index (χ4v) is 2.90. The Morgan fingerprint density at radius 1 is 1.25 bits per heavy atom. The molecule has 0 aromatic carbocycles. The molecule has 2 atom stereocenters. The Kier molecular flexibility index (Phi) is 4.59. The highest BCUT2D eigenvalue weighted by molar-refractivity contribution is 5.29. The Bertz CT molecular complexity index is 577. The SMILES string of the molecule is Cn1nc(NCC2CCCCC2CN)c(=O)n(C)c1=O. The molecule has 20 heavy (non-hydrogen) atoms. The number of aromatic nitrogens is 3. The van der Waals surface area contributed by atoms with Crippen LogP contribution in [0, 0.1) is 11.8 Å². The van der Waals surface area contributed by atoms with Crippen molar-refractivity contribution in [3.63, 3.8) is 0 Å². The maximum Gasteiger partial charge on any atom is 0.346 e. The van der Waals surface area contributed by atoms with Gasteiger partial charge in [-0.05, 0) is 31.2 Å². The summed E-state index contributed by atoms with van der Waals surface area (Å²) in [5.74, 6) is 1.21. The summed E-state index contributed by atoms with van der Waals surface area (Å²) in [7, 11) is 3.00. The highest BCUT2D eigenvalue weighted by atomic mass is 16.2. The summed E-state index contributed by atoms with van der Waals surface area (Å²) in [6, 6.07) is 0. The molecule has 1 aromatic heterocycles. The van der Waals surface area contributed by atoms with Gasteiger partial charge in [-0.1, -0.05) is 12.8 Å². The first kappa shape index (κ1) is 14.8. The largest absolute Gasteiger partial charge is 0.364 e. The predicted octanol–water partition coefficient (Wildman–Crippen LogP) is -0.344. The second kappa shape index (κ2) is 6.21. The van der Waals surface area contributed by atoms with Crippen molar-refractivity contribution >= 4 is 5.82 Å². The third-order valence-corrected chi connectivity index (χ3v) is 4.22.